The smallest absolute Gasteiger partial charge is 0.271 e. The monoisotopic (exact) mass is 747 g/mol. The highest BCUT2D eigenvalue weighted by Crippen LogP contribution is 2.34. The van der Waals surface area contributed by atoms with Gasteiger partial charge in [0.25, 0.3) is 11.8 Å². The Balaban J connectivity index is 1.49. The molecule has 6 amide bonds. The molecule has 2 aliphatic rings. The van der Waals surface area contributed by atoms with E-state index in [-0.39, 0.29) is 49.2 Å². The highest BCUT2D eigenvalue weighted by Gasteiger charge is 2.32. The van der Waals surface area contributed by atoms with Crippen molar-refractivity contribution in [3.05, 3.63) is 75.7 Å². The van der Waals surface area contributed by atoms with Gasteiger partial charge in [0.2, 0.25) is 23.6 Å². The van der Waals surface area contributed by atoms with E-state index in [1.165, 1.54) is 42.0 Å². The number of para-hydroxylation sites is 1. The number of carbonyl (C=O) groups is 6. The Bertz CT molecular complexity index is 1830. The van der Waals surface area contributed by atoms with Gasteiger partial charge in [-0.1, -0.05) is 50.2 Å². The molecule has 0 saturated carbocycles. The fourth-order valence-corrected chi connectivity index (χ4v) is 6.76. The van der Waals surface area contributed by atoms with Crippen LogP contribution in [0.3, 0.4) is 0 Å². The third-order valence-electron chi connectivity index (χ3n) is 8.89. The number of amides is 6. The number of ether oxygens (including phenoxy) is 2. The third kappa shape index (κ3) is 9.68. The Kier molecular flexibility index (Phi) is 12.7. The number of hydrogen-bond donors (Lipinski definition) is 4. The van der Waals surface area contributed by atoms with Crippen LogP contribution in [0.5, 0.6) is 11.5 Å². The van der Waals surface area contributed by atoms with E-state index in [0.29, 0.717) is 23.8 Å². The van der Waals surface area contributed by atoms with Crippen LogP contribution in [-0.2, 0) is 25.6 Å². The second-order valence-corrected chi connectivity index (χ2v) is 14.2. The predicted molar refractivity (Wildman–Crippen MR) is 195 cm³/mol. The van der Waals surface area contributed by atoms with Gasteiger partial charge < -0.3 is 40.5 Å². The molecule has 0 unspecified atom stereocenters. The molecule has 1 aromatic heterocycles. The maximum Gasteiger partial charge on any atom is 0.271 e. The maximum absolute atomic E-state index is 14.2. The Labute approximate surface area is 311 Å². The topological polar surface area (TPSA) is 188 Å². The molecule has 4 atom stereocenters. The predicted octanol–water partition coefficient (Wildman–Crippen LogP) is 1.69. The lowest BCUT2D eigenvalue weighted by atomic mass is 10.0. The normalized spacial score (nSPS) is 22.3. The summed E-state index contributed by atoms with van der Waals surface area (Å²) in [5.41, 5.74) is 1.14. The first-order chi connectivity index (χ1) is 25.3. The minimum absolute atomic E-state index is 0.0172. The number of fused-ring (bicyclic) bond motifs is 3. The van der Waals surface area contributed by atoms with Crippen LogP contribution < -0.4 is 30.7 Å². The summed E-state index contributed by atoms with van der Waals surface area (Å²) in [6.07, 6.45) is 0.331. The van der Waals surface area contributed by atoms with Gasteiger partial charge in [0, 0.05) is 25.5 Å². The summed E-state index contributed by atoms with van der Waals surface area (Å²) in [6.45, 7) is 6.66. The molecule has 5 rings (SSSR count). The fraction of sp³-hybridized carbons (Fsp3) is 0.432. The van der Waals surface area contributed by atoms with E-state index < -0.39 is 59.6 Å². The van der Waals surface area contributed by atoms with Gasteiger partial charge in [0.1, 0.15) is 42.0 Å². The van der Waals surface area contributed by atoms with Gasteiger partial charge >= 0.3 is 0 Å². The second-order valence-electron chi connectivity index (χ2n) is 13.4. The zero-order chi connectivity index (χ0) is 38.2. The van der Waals surface area contributed by atoms with Gasteiger partial charge in [0.05, 0.1) is 18.2 Å². The van der Waals surface area contributed by atoms with Crippen LogP contribution in [0.25, 0.3) is 0 Å². The highest BCUT2D eigenvalue weighted by atomic mass is 32.1. The lowest BCUT2D eigenvalue weighted by Crippen LogP contribution is -2.57. The lowest BCUT2D eigenvalue weighted by Gasteiger charge is -2.29. The minimum atomic E-state index is -1.03. The number of hydrogen-bond acceptors (Lipinski definition) is 10. The van der Waals surface area contributed by atoms with Crippen LogP contribution in [0.4, 0.5) is 0 Å². The Morgan fingerprint density at radius 3 is 2.36 bits per heavy atom. The van der Waals surface area contributed by atoms with Crippen molar-refractivity contribution in [1.82, 2.24) is 36.1 Å². The van der Waals surface area contributed by atoms with E-state index in [0.717, 1.165) is 5.56 Å². The van der Waals surface area contributed by atoms with Crippen LogP contribution >= 0.6 is 11.3 Å². The quantitative estimate of drug-likeness (QED) is 0.308. The lowest BCUT2D eigenvalue weighted by molar-refractivity contribution is -0.136. The molecule has 15 nitrogen and oxygen atoms in total. The highest BCUT2D eigenvalue weighted by molar-refractivity contribution is 7.09. The van der Waals surface area contributed by atoms with Gasteiger partial charge in [-0.3, -0.25) is 28.8 Å². The SMILES string of the molecule is CC(C)[C@@H]1NC(=O)[C@H](C)NC(=O)c2csc(n2)[C@H](Cc2ccccc2)NC(=O)CN(C(=O)c2cccc3c2OCCO3)CCN(C)C(=O)[C@@H](C)NC1=O. The van der Waals surface area contributed by atoms with E-state index >= 15 is 0 Å². The first-order valence-electron chi connectivity index (χ1n) is 17.5. The van der Waals surface area contributed by atoms with Gasteiger partial charge in [-0.05, 0) is 43.9 Å². The summed E-state index contributed by atoms with van der Waals surface area (Å²) in [5, 5.41) is 13.0. The number of nitrogens with zero attached hydrogens (tertiary/aromatic N) is 3. The second kappa shape index (κ2) is 17.3. The first kappa shape index (κ1) is 38.7. The zero-order valence-electron chi connectivity index (χ0n) is 30.3. The molecule has 16 heteroatoms. The number of aromatic nitrogens is 1. The molecule has 4 N–H and O–H groups in total. The average molecular weight is 748 g/mol. The zero-order valence-corrected chi connectivity index (χ0v) is 31.2. The molecule has 2 aromatic carbocycles. The number of nitrogens with one attached hydrogen (secondary N) is 4. The molecule has 53 heavy (non-hydrogen) atoms. The van der Waals surface area contributed by atoms with Crippen LogP contribution in [-0.4, -0.2) is 108 Å². The van der Waals surface area contributed by atoms with Crippen LogP contribution in [0, 0.1) is 5.92 Å². The molecule has 3 heterocycles. The molecule has 0 aliphatic carbocycles. The number of likely N-dealkylation sites (N-methyl/N-ethyl adjacent to an activating group) is 1. The van der Waals surface area contributed by atoms with Crippen LogP contribution in [0.2, 0.25) is 0 Å². The average Bonchev–Trinajstić information content (AvgIpc) is 3.65. The van der Waals surface area contributed by atoms with Crippen molar-refractivity contribution in [2.24, 2.45) is 5.92 Å². The standard InChI is InChI=1S/C37H45N7O8S/c1-21(2)30-34(48)39-23(4)36(49)43(5)14-15-44(37(50)25-12-9-13-28-31(25)52-17-16-51-28)19-29(45)40-26(18-24-10-7-6-8-11-24)35-41-27(20-53-35)33(47)38-22(3)32(46)42-30/h6-13,20-23,26,30H,14-19H2,1-5H3,(H,38,47)(H,39,48)(H,40,45)(H,42,46)/t22-,23+,26-,30-/m0/s1. The van der Waals surface area contributed by atoms with Crippen molar-refractivity contribution in [1.29, 1.82) is 0 Å². The third-order valence-corrected chi connectivity index (χ3v) is 9.85. The van der Waals surface area contributed by atoms with E-state index in [2.05, 4.69) is 26.3 Å². The van der Waals surface area contributed by atoms with Crippen molar-refractivity contribution in [2.75, 3.05) is 39.9 Å². The van der Waals surface area contributed by atoms with Gasteiger partial charge in [-0.25, -0.2) is 4.98 Å². The summed E-state index contributed by atoms with van der Waals surface area (Å²) < 4.78 is 11.5. The van der Waals surface area contributed by atoms with Crippen molar-refractivity contribution in [2.45, 2.75) is 58.3 Å². The van der Waals surface area contributed by atoms with E-state index in [4.69, 9.17) is 9.47 Å². The van der Waals surface area contributed by atoms with Crippen LogP contribution in [0.15, 0.2) is 53.9 Å². The summed E-state index contributed by atoms with van der Waals surface area (Å²) in [5.74, 6) is -2.94. The van der Waals surface area contributed by atoms with Crippen LogP contribution in [0.1, 0.15) is 65.2 Å². The van der Waals surface area contributed by atoms with Crippen molar-refractivity contribution in [3.8, 4) is 11.5 Å². The number of carbonyl (C=O) groups excluding carboxylic acids is 6. The Morgan fingerprint density at radius 2 is 1.62 bits per heavy atom. The largest absolute Gasteiger partial charge is 0.486 e. The summed E-state index contributed by atoms with van der Waals surface area (Å²) in [4.78, 5) is 88.5. The molecule has 2 aliphatic heterocycles. The maximum atomic E-state index is 14.2. The molecule has 0 saturated heterocycles. The van der Waals surface area contributed by atoms with Crippen molar-refractivity contribution < 1.29 is 38.2 Å². The molecule has 0 radical (unpaired) electrons. The minimum Gasteiger partial charge on any atom is -0.486 e. The van der Waals surface area contributed by atoms with E-state index in [9.17, 15) is 28.8 Å². The summed E-state index contributed by atoms with van der Waals surface area (Å²) >= 11 is 1.17. The van der Waals surface area contributed by atoms with Crippen molar-refractivity contribution in [3.63, 3.8) is 0 Å². The number of thiazole rings is 1. The Hall–Kier alpha value is -5.51. The molecule has 282 valence electrons. The molecule has 2 bridgehead atoms. The van der Waals surface area contributed by atoms with Gasteiger partial charge in [0.15, 0.2) is 11.5 Å². The van der Waals surface area contributed by atoms with Crippen molar-refractivity contribution >= 4 is 46.8 Å². The molecule has 3 aromatic rings. The van der Waals surface area contributed by atoms with Gasteiger partial charge in [-0.2, -0.15) is 0 Å². The van der Waals surface area contributed by atoms with E-state index in [1.54, 1.807) is 37.4 Å². The first-order valence-corrected chi connectivity index (χ1v) is 18.3. The molecular weight excluding hydrogens is 703 g/mol. The summed E-state index contributed by atoms with van der Waals surface area (Å²) in [6, 6.07) is 10.7. The molecular formula is C37H45N7O8S. The number of benzene rings is 2. The Morgan fingerprint density at radius 1 is 0.887 bits per heavy atom. The molecule has 0 fully saturated rings. The summed E-state index contributed by atoms with van der Waals surface area (Å²) in [7, 11) is 1.53. The number of rotatable bonds is 4. The van der Waals surface area contributed by atoms with Gasteiger partial charge in [-0.15, -0.1) is 11.3 Å². The van der Waals surface area contributed by atoms with E-state index in [1.807, 2.05) is 30.3 Å². The molecule has 0 spiro atoms. The fourth-order valence-electron chi connectivity index (χ4n) is 5.91.